The summed E-state index contributed by atoms with van der Waals surface area (Å²) in [5, 5.41) is 5.75. The van der Waals surface area contributed by atoms with Crippen LogP contribution in [0, 0.1) is 7.05 Å². The summed E-state index contributed by atoms with van der Waals surface area (Å²) >= 11 is 1.50. The number of rotatable bonds is 3. The first-order chi connectivity index (χ1) is 5.74. The third-order valence-corrected chi connectivity index (χ3v) is 2.09. The highest BCUT2D eigenvalue weighted by molar-refractivity contribution is 7.08. The molecule has 0 saturated heterocycles. The number of hydrogen-bond acceptors (Lipinski definition) is 3. The number of thiophene rings is 1. The van der Waals surface area contributed by atoms with Crippen molar-refractivity contribution in [2.45, 2.75) is 6.42 Å². The van der Waals surface area contributed by atoms with Crippen LogP contribution in [0.2, 0.25) is 0 Å². The number of ketones is 1. The molecule has 0 bridgehead atoms. The van der Waals surface area contributed by atoms with Gasteiger partial charge < -0.3 is 5.32 Å². The zero-order chi connectivity index (χ0) is 8.97. The lowest BCUT2D eigenvalue weighted by molar-refractivity contribution is -0.136. The van der Waals surface area contributed by atoms with E-state index in [1.165, 1.54) is 11.3 Å². The summed E-state index contributed by atoms with van der Waals surface area (Å²) < 4.78 is 0. The highest BCUT2D eigenvalue weighted by atomic mass is 32.1. The molecule has 1 N–H and O–H groups in total. The average Bonchev–Trinajstić information content (AvgIpc) is 2.55. The second kappa shape index (κ2) is 4.01. The Morgan fingerprint density at radius 2 is 2.33 bits per heavy atom. The number of carbonyl (C=O) groups excluding carboxylic acids is 2. The van der Waals surface area contributed by atoms with E-state index in [0.29, 0.717) is 0 Å². The molecule has 0 saturated carbocycles. The molecule has 1 heterocycles. The van der Waals surface area contributed by atoms with Crippen molar-refractivity contribution in [2.75, 3.05) is 0 Å². The zero-order valence-electron chi connectivity index (χ0n) is 6.37. The molecule has 3 nitrogen and oxygen atoms in total. The molecule has 0 fully saturated rings. The number of amides is 1. The summed E-state index contributed by atoms with van der Waals surface area (Å²) in [5.41, 5.74) is 0.869. The van der Waals surface area contributed by atoms with E-state index in [0.717, 1.165) is 5.56 Å². The molecular weight excluding hydrogens is 174 g/mol. The summed E-state index contributed by atoms with van der Waals surface area (Å²) in [6, 6.07) is 1.82. The molecule has 1 radical (unpaired) electrons. The molecule has 1 amide bonds. The largest absolute Gasteiger partial charge is 0.348 e. The van der Waals surface area contributed by atoms with Crippen molar-refractivity contribution in [1.82, 2.24) is 5.32 Å². The van der Waals surface area contributed by atoms with Gasteiger partial charge in [0.2, 0.25) is 5.78 Å². The van der Waals surface area contributed by atoms with E-state index in [1.54, 1.807) is 0 Å². The fraction of sp³-hybridized carbons (Fsp3) is 0.125. The van der Waals surface area contributed by atoms with Crippen LogP contribution >= 0.6 is 11.3 Å². The van der Waals surface area contributed by atoms with Gasteiger partial charge in [-0.05, 0) is 22.4 Å². The molecule has 1 aromatic heterocycles. The van der Waals surface area contributed by atoms with Gasteiger partial charge in [-0.3, -0.25) is 9.59 Å². The Balaban J connectivity index is 2.53. The van der Waals surface area contributed by atoms with Crippen LogP contribution in [0.5, 0.6) is 0 Å². The molecule has 63 valence electrons. The Bertz CT molecular complexity index is 279. The highest BCUT2D eigenvalue weighted by Crippen LogP contribution is 2.06. The SMILES string of the molecule is [CH2]NC(=O)C(=O)Cc1ccsc1. The maximum Gasteiger partial charge on any atom is 0.287 e. The lowest BCUT2D eigenvalue weighted by Gasteiger charge is -1.95. The molecule has 4 heteroatoms. The molecule has 0 aromatic carbocycles. The smallest absolute Gasteiger partial charge is 0.287 e. The van der Waals surface area contributed by atoms with Crippen molar-refractivity contribution in [3.05, 3.63) is 29.4 Å². The Morgan fingerprint density at radius 1 is 1.58 bits per heavy atom. The van der Waals surface area contributed by atoms with Crippen LogP contribution in [0.25, 0.3) is 0 Å². The Kier molecular flexibility index (Phi) is 2.99. The summed E-state index contributed by atoms with van der Waals surface area (Å²) in [5.74, 6) is -1.09. The van der Waals surface area contributed by atoms with E-state index >= 15 is 0 Å². The van der Waals surface area contributed by atoms with Gasteiger partial charge in [-0.15, -0.1) is 0 Å². The number of Topliss-reactive ketones (excluding diaryl/α,β-unsaturated/α-hetero) is 1. The van der Waals surface area contributed by atoms with Crippen molar-refractivity contribution in [3.8, 4) is 0 Å². The zero-order valence-corrected chi connectivity index (χ0v) is 7.19. The number of carbonyl (C=O) groups is 2. The Labute approximate surface area is 74.4 Å². The van der Waals surface area contributed by atoms with Crippen LogP contribution in [0.3, 0.4) is 0 Å². The predicted molar refractivity (Wildman–Crippen MR) is 46.5 cm³/mol. The third-order valence-electron chi connectivity index (χ3n) is 1.36. The van der Waals surface area contributed by atoms with Crippen molar-refractivity contribution < 1.29 is 9.59 Å². The molecule has 0 spiro atoms. The summed E-state index contributed by atoms with van der Waals surface area (Å²) in [6.45, 7) is 0. The first-order valence-corrected chi connectivity index (χ1v) is 4.29. The molecule has 0 aliphatic carbocycles. The van der Waals surface area contributed by atoms with E-state index in [-0.39, 0.29) is 6.42 Å². The van der Waals surface area contributed by atoms with Crippen LogP contribution in [-0.2, 0) is 16.0 Å². The van der Waals surface area contributed by atoms with E-state index in [1.807, 2.05) is 22.1 Å². The van der Waals surface area contributed by atoms with E-state index in [4.69, 9.17) is 0 Å². The number of nitrogens with one attached hydrogen (secondary N) is 1. The standard InChI is InChI=1S/C8H8NO2S/c1-9-8(11)7(10)4-6-2-3-12-5-6/h2-3,5H,1,4H2,(H,9,11). The Hall–Kier alpha value is -1.16. The molecule has 1 rings (SSSR count). The van der Waals surface area contributed by atoms with Crippen LogP contribution < -0.4 is 5.32 Å². The minimum Gasteiger partial charge on any atom is -0.348 e. The minimum atomic E-state index is -0.638. The predicted octanol–water partition coefficient (Wildman–Crippen LogP) is 0.767. The first-order valence-electron chi connectivity index (χ1n) is 3.35. The van der Waals surface area contributed by atoms with Gasteiger partial charge in [0.25, 0.3) is 5.91 Å². The van der Waals surface area contributed by atoms with Crippen LogP contribution in [-0.4, -0.2) is 11.7 Å². The number of hydrogen-bond donors (Lipinski definition) is 1. The van der Waals surface area contributed by atoms with Gasteiger partial charge in [-0.25, -0.2) is 0 Å². The van der Waals surface area contributed by atoms with Gasteiger partial charge >= 0.3 is 0 Å². The van der Waals surface area contributed by atoms with E-state index in [2.05, 4.69) is 7.05 Å². The molecule has 0 aliphatic rings. The van der Waals surface area contributed by atoms with Crippen molar-refractivity contribution in [2.24, 2.45) is 0 Å². The second-order valence-electron chi connectivity index (χ2n) is 2.24. The molecule has 12 heavy (non-hydrogen) atoms. The quantitative estimate of drug-likeness (QED) is 0.702. The molecular formula is C8H8NO2S. The summed E-state index contributed by atoms with van der Waals surface area (Å²) in [4.78, 5) is 21.7. The summed E-state index contributed by atoms with van der Waals surface area (Å²) in [7, 11) is 3.12. The molecule has 0 aliphatic heterocycles. The van der Waals surface area contributed by atoms with Crippen molar-refractivity contribution >= 4 is 23.0 Å². The monoisotopic (exact) mass is 182 g/mol. The van der Waals surface area contributed by atoms with E-state index in [9.17, 15) is 9.59 Å². The van der Waals surface area contributed by atoms with Gasteiger partial charge in [0.1, 0.15) is 0 Å². The molecule has 0 unspecified atom stereocenters. The van der Waals surface area contributed by atoms with Crippen molar-refractivity contribution in [3.63, 3.8) is 0 Å². The maximum absolute atomic E-state index is 11.0. The topological polar surface area (TPSA) is 46.2 Å². The minimum absolute atomic E-state index is 0.158. The average molecular weight is 182 g/mol. The van der Waals surface area contributed by atoms with E-state index < -0.39 is 11.7 Å². The van der Waals surface area contributed by atoms with Crippen molar-refractivity contribution in [1.29, 1.82) is 0 Å². The molecule has 0 atom stereocenters. The van der Waals surface area contributed by atoms with Gasteiger partial charge in [-0.1, -0.05) is 0 Å². The second-order valence-corrected chi connectivity index (χ2v) is 3.02. The van der Waals surface area contributed by atoms with Gasteiger partial charge in [0.15, 0.2) is 0 Å². The van der Waals surface area contributed by atoms with Gasteiger partial charge in [0, 0.05) is 13.5 Å². The van der Waals surface area contributed by atoms with Crippen LogP contribution in [0.15, 0.2) is 16.8 Å². The lowest BCUT2D eigenvalue weighted by Crippen LogP contribution is -2.27. The fourth-order valence-electron chi connectivity index (χ4n) is 0.757. The third kappa shape index (κ3) is 2.17. The first kappa shape index (κ1) is 8.93. The lowest BCUT2D eigenvalue weighted by atomic mass is 10.2. The van der Waals surface area contributed by atoms with Gasteiger partial charge in [0.05, 0.1) is 0 Å². The summed E-state index contributed by atoms with van der Waals surface area (Å²) in [6.07, 6.45) is 0.158. The highest BCUT2D eigenvalue weighted by Gasteiger charge is 2.11. The fourth-order valence-corrected chi connectivity index (χ4v) is 1.43. The van der Waals surface area contributed by atoms with Crippen LogP contribution in [0.1, 0.15) is 5.56 Å². The molecule has 1 aromatic rings. The normalized spacial score (nSPS) is 9.42. The van der Waals surface area contributed by atoms with Crippen LogP contribution in [0.4, 0.5) is 0 Å². The maximum atomic E-state index is 11.0. The van der Waals surface area contributed by atoms with Gasteiger partial charge in [-0.2, -0.15) is 11.3 Å². The Morgan fingerprint density at radius 3 is 2.83 bits per heavy atom.